The summed E-state index contributed by atoms with van der Waals surface area (Å²) in [6.07, 6.45) is 3.25. The van der Waals surface area contributed by atoms with Gasteiger partial charge in [-0.25, -0.2) is 0 Å². The van der Waals surface area contributed by atoms with Gasteiger partial charge in [0.2, 0.25) is 0 Å². The summed E-state index contributed by atoms with van der Waals surface area (Å²) in [5.74, 6) is 0.808. The lowest BCUT2D eigenvalue weighted by atomic mass is 10.1. The third-order valence-electron chi connectivity index (χ3n) is 3.50. The number of nitrogens with zero attached hydrogens (tertiary/aromatic N) is 1. The van der Waals surface area contributed by atoms with Crippen molar-refractivity contribution in [1.29, 1.82) is 0 Å². The van der Waals surface area contributed by atoms with Gasteiger partial charge >= 0.3 is 0 Å². The molecule has 0 spiro atoms. The highest BCUT2D eigenvalue weighted by Gasteiger charge is 2.21. The smallest absolute Gasteiger partial charge is 0.150 e. The summed E-state index contributed by atoms with van der Waals surface area (Å²) < 4.78 is 5.94. The monoisotopic (exact) mass is 247 g/mol. The number of piperidine rings is 1. The van der Waals surface area contributed by atoms with Crippen LogP contribution in [0.25, 0.3) is 0 Å². The summed E-state index contributed by atoms with van der Waals surface area (Å²) in [5, 5.41) is 0. The van der Waals surface area contributed by atoms with Crippen molar-refractivity contribution in [3.63, 3.8) is 0 Å². The fourth-order valence-corrected chi connectivity index (χ4v) is 2.36. The quantitative estimate of drug-likeness (QED) is 0.766. The molecule has 1 aliphatic rings. The second kappa shape index (κ2) is 6.01. The van der Waals surface area contributed by atoms with Crippen molar-refractivity contribution >= 4 is 6.29 Å². The van der Waals surface area contributed by atoms with Crippen LogP contribution in [0.15, 0.2) is 24.3 Å². The third-order valence-corrected chi connectivity index (χ3v) is 3.50. The van der Waals surface area contributed by atoms with Crippen LogP contribution in [0.5, 0.6) is 5.75 Å². The van der Waals surface area contributed by atoms with Gasteiger partial charge in [-0.2, -0.15) is 0 Å². The molecule has 0 bridgehead atoms. The molecule has 0 aromatic heterocycles. The van der Waals surface area contributed by atoms with Crippen molar-refractivity contribution in [3.05, 3.63) is 29.8 Å². The molecule has 1 aromatic carbocycles. The first-order valence-corrected chi connectivity index (χ1v) is 6.65. The molecule has 0 amide bonds. The maximum absolute atomic E-state index is 10.7. The highest BCUT2D eigenvalue weighted by molar-refractivity contribution is 5.75. The zero-order valence-electron chi connectivity index (χ0n) is 11.1. The van der Waals surface area contributed by atoms with E-state index in [1.54, 1.807) is 6.07 Å². The van der Waals surface area contributed by atoms with Crippen LogP contribution in [-0.2, 0) is 0 Å². The van der Waals surface area contributed by atoms with Crippen molar-refractivity contribution in [2.45, 2.75) is 38.8 Å². The molecule has 0 radical (unpaired) electrons. The second-order valence-corrected chi connectivity index (χ2v) is 5.14. The second-order valence-electron chi connectivity index (χ2n) is 5.14. The van der Waals surface area contributed by atoms with Crippen LogP contribution in [0.3, 0.4) is 0 Å². The highest BCUT2D eigenvalue weighted by Crippen LogP contribution is 2.20. The Bertz CT molecular complexity index is 395. The first kappa shape index (κ1) is 13.1. The molecule has 98 valence electrons. The predicted octanol–water partition coefficient (Wildman–Crippen LogP) is 2.75. The summed E-state index contributed by atoms with van der Waals surface area (Å²) in [5.41, 5.74) is 0.673. The summed E-state index contributed by atoms with van der Waals surface area (Å²) in [6.45, 7) is 6.65. The fraction of sp³-hybridized carbons (Fsp3) is 0.533. The highest BCUT2D eigenvalue weighted by atomic mass is 16.5. The Balaban J connectivity index is 1.89. The van der Waals surface area contributed by atoms with Gasteiger partial charge in [0.15, 0.2) is 0 Å². The first-order valence-electron chi connectivity index (χ1n) is 6.65. The molecule has 1 aliphatic heterocycles. The van der Waals surface area contributed by atoms with E-state index in [1.165, 1.54) is 0 Å². The van der Waals surface area contributed by atoms with Crippen molar-refractivity contribution < 1.29 is 9.53 Å². The van der Waals surface area contributed by atoms with Crippen LogP contribution in [-0.4, -0.2) is 36.4 Å². The largest absolute Gasteiger partial charge is 0.490 e. The van der Waals surface area contributed by atoms with Crippen LogP contribution in [0.1, 0.15) is 37.0 Å². The number of carbonyl (C=O) groups excluding carboxylic acids is 1. The zero-order valence-corrected chi connectivity index (χ0v) is 11.1. The Morgan fingerprint density at radius 3 is 2.67 bits per heavy atom. The maximum atomic E-state index is 10.7. The van der Waals surface area contributed by atoms with Crippen molar-refractivity contribution in [2.24, 2.45) is 0 Å². The maximum Gasteiger partial charge on any atom is 0.150 e. The fourth-order valence-electron chi connectivity index (χ4n) is 2.36. The molecule has 1 heterocycles. The number of carbonyl (C=O) groups is 1. The molecular formula is C15H21NO2. The molecule has 1 saturated heterocycles. The van der Waals surface area contributed by atoms with Crippen LogP contribution >= 0.6 is 0 Å². The molecule has 1 aromatic rings. The van der Waals surface area contributed by atoms with E-state index in [2.05, 4.69) is 18.7 Å². The number of hydrogen-bond acceptors (Lipinski definition) is 3. The van der Waals surface area contributed by atoms with Gasteiger partial charge in [0, 0.05) is 24.7 Å². The SMILES string of the molecule is CC(C)N1CCC(Oc2cccc(C=O)c2)CC1. The molecule has 2 rings (SSSR count). The lowest BCUT2D eigenvalue weighted by Gasteiger charge is -2.34. The molecule has 0 atom stereocenters. The Morgan fingerprint density at radius 1 is 1.33 bits per heavy atom. The molecule has 0 N–H and O–H groups in total. The summed E-state index contributed by atoms with van der Waals surface area (Å²) in [7, 11) is 0. The Hall–Kier alpha value is -1.35. The molecule has 0 saturated carbocycles. The van der Waals surface area contributed by atoms with Gasteiger partial charge in [0.1, 0.15) is 18.1 Å². The van der Waals surface area contributed by atoms with Gasteiger partial charge in [-0.05, 0) is 38.8 Å². The molecule has 0 aliphatic carbocycles. The molecular weight excluding hydrogens is 226 g/mol. The number of rotatable bonds is 4. The summed E-state index contributed by atoms with van der Waals surface area (Å²) in [4.78, 5) is 13.2. The molecule has 0 unspecified atom stereocenters. The summed E-state index contributed by atoms with van der Waals surface area (Å²) in [6, 6.07) is 8.00. The molecule has 18 heavy (non-hydrogen) atoms. The number of benzene rings is 1. The number of likely N-dealkylation sites (tertiary alicyclic amines) is 1. The normalized spacial score (nSPS) is 17.9. The zero-order chi connectivity index (χ0) is 13.0. The van der Waals surface area contributed by atoms with Crippen LogP contribution < -0.4 is 4.74 Å². The minimum absolute atomic E-state index is 0.280. The molecule has 3 heteroatoms. The average Bonchev–Trinajstić information content (AvgIpc) is 2.39. The third kappa shape index (κ3) is 3.33. The average molecular weight is 247 g/mol. The topological polar surface area (TPSA) is 29.5 Å². The van der Waals surface area contributed by atoms with E-state index >= 15 is 0 Å². The van der Waals surface area contributed by atoms with Crippen molar-refractivity contribution in [3.8, 4) is 5.75 Å². The summed E-state index contributed by atoms with van der Waals surface area (Å²) >= 11 is 0. The van der Waals surface area contributed by atoms with Crippen LogP contribution in [0.2, 0.25) is 0 Å². The molecule has 3 nitrogen and oxygen atoms in total. The van der Waals surface area contributed by atoms with Crippen LogP contribution in [0.4, 0.5) is 0 Å². The van der Waals surface area contributed by atoms with Gasteiger partial charge in [-0.15, -0.1) is 0 Å². The van der Waals surface area contributed by atoms with E-state index in [4.69, 9.17) is 4.74 Å². The molecule has 1 fully saturated rings. The minimum atomic E-state index is 0.280. The lowest BCUT2D eigenvalue weighted by Crippen LogP contribution is -2.41. The van der Waals surface area contributed by atoms with E-state index in [0.29, 0.717) is 11.6 Å². The van der Waals surface area contributed by atoms with Gasteiger partial charge in [0.05, 0.1) is 0 Å². The van der Waals surface area contributed by atoms with E-state index in [0.717, 1.165) is 38.0 Å². The minimum Gasteiger partial charge on any atom is -0.490 e. The number of hydrogen-bond donors (Lipinski definition) is 0. The Morgan fingerprint density at radius 2 is 2.06 bits per heavy atom. The van der Waals surface area contributed by atoms with Crippen LogP contribution in [0, 0.1) is 0 Å². The first-order chi connectivity index (χ1) is 8.69. The van der Waals surface area contributed by atoms with Gasteiger partial charge in [-0.1, -0.05) is 12.1 Å². The Kier molecular flexibility index (Phi) is 4.37. The van der Waals surface area contributed by atoms with Gasteiger partial charge in [0.25, 0.3) is 0 Å². The Labute approximate surface area is 109 Å². The van der Waals surface area contributed by atoms with Crippen molar-refractivity contribution in [1.82, 2.24) is 4.90 Å². The van der Waals surface area contributed by atoms with Gasteiger partial charge < -0.3 is 9.64 Å². The standard InChI is InChI=1S/C15H21NO2/c1-12(2)16-8-6-14(7-9-16)18-15-5-3-4-13(10-15)11-17/h3-5,10-12,14H,6-9H2,1-2H3. The number of ether oxygens (including phenoxy) is 1. The van der Waals surface area contributed by atoms with E-state index in [1.807, 2.05) is 18.2 Å². The van der Waals surface area contributed by atoms with Gasteiger partial charge in [-0.3, -0.25) is 4.79 Å². The van der Waals surface area contributed by atoms with E-state index in [-0.39, 0.29) is 6.10 Å². The van der Waals surface area contributed by atoms with E-state index < -0.39 is 0 Å². The lowest BCUT2D eigenvalue weighted by molar-refractivity contribution is 0.0842. The number of aldehydes is 1. The van der Waals surface area contributed by atoms with E-state index in [9.17, 15) is 4.79 Å². The predicted molar refractivity (Wildman–Crippen MR) is 72.2 cm³/mol. The van der Waals surface area contributed by atoms with Crippen molar-refractivity contribution in [2.75, 3.05) is 13.1 Å².